The molecule has 0 aliphatic heterocycles. The highest BCUT2D eigenvalue weighted by Crippen LogP contribution is 2.35. The fourth-order valence-corrected chi connectivity index (χ4v) is 2.25. The highest BCUT2D eigenvalue weighted by Gasteiger charge is 2.22. The topological polar surface area (TPSA) is 35.5 Å². The molecule has 0 saturated heterocycles. The van der Waals surface area contributed by atoms with E-state index in [4.69, 9.17) is 9.47 Å². The summed E-state index contributed by atoms with van der Waals surface area (Å²) in [6.07, 6.45) is 1.86. The van der Waals surface area contributed by atoms with Crippen LogP contribution < -0.4 is 9.47 Å². The fraction of sp³-hybridized carbons (Fsp3) is 0.500. The van der Waals surface area contributed by atoms with Crippen LogP contribution in [-0.2, 0) is 17.6 Å². The molecule has 2 rings (SSSR count). The standard InChI is InChI=1S/C14H18O3/c1-3-16-13-7-8-14(17-4-2)12-9-10(15)5-6-11(12)13/h7-8H,3-6,9H2,1-2H3. The first-order valence-electron chi connectivity index (χ1n) is 6.18. The van der Waals surface area contributed by atoms with Gasteiger partial charge in [-0.15, -0.1) is 0 Å². The summed E-state index contributed by atoms with van der Waals surface area (Å²) >= 11 is 0. The summed E-state index contributed by atoms with van der Waals surface area (Å²) in [6.45, 7) is 5.19. The molecule has 0 fully saturated rings. The summed E-state index contributed by atoms with van der Waals surface area (Å²) in [5.41, 5.74) is 2.17. The average Bonchev–Trinajstić information content (AvgIpc) is 2.32. The Bertz CT molecular complexity index is 424. The number of benzene rings is 1. The maximum atomic E-state index is 11.6. The van der Waals surface area contributed by atoms with Crippen molar-refractivity contribution >= 4 is 5.78 Å². The van der Waals surface area contributed by atoms with Crippen LogP contribution in [0.2, 0.25) is 0 Å². The number of ketones is 1. The van der Waals surface area contributed by atoms with Gasteiger partial charge in [0.05, 0.1) is 13.2 Å². The summed E-state index contributed by atoms with van der Waals surface area (Å²) in [7, 11) is 0. The van der Waals surface area contributed by atoms with Crippen LogP contribution in [0.4, 0.5) is 0 Å². The molecule has 92 valence electrons. The van der Waals surface area contributed by atoms with Gasteiger partial charge < -0.3 is 9.47 Å². The molecule has 0 bridgehead atoms. The molecule has 0 spiro atoms. The lowest BCUT2D eigenvalue weighted by Gasteiger charge is -2.21. The van der Waals surface area contributed by atoms with Crippen LogP contribution >= 0.6 is 0 Å². The van der Waals surface area contributed by atoms with Gasteiger partial charge in [0.15, 0.2) is 0 Å². The van der Waals surface area contributed by atoms with Gasteiger partial charge in [0.25, 0.3) is 0 Å². The molecule has 1 aliphatic rings. The Kier molecular flexibility index (Phi) is 3.67. The molecule has 0 atom stereocenters. The molecular weight excluding hydrogens is 216 g/mol. The molecular formula is C14H18O3. The van der Waals surface area contributed by atoms with Gasteiger partial charge in [0, 0.05) is 24.0 Å². The zero-order chi connectivity index (χ0) is 12.3. The first-order chi connectivity index (χ1) is 8.26. The van der Waals surface area contributed by atoms with Gasteiger partial charge in [0.2, 0.25) is 0 Å². The highest BCUT2D eigenvalue weighted by molar-refractivity contribution is 5.84. The Balaban J connectivity index is 2.42. The van der Waals surface area contributed by atoms with Crippen LogP contribution in [0.5, 0.6) is 11.5 Å². The van der Waals surface area contributed by atoms with E-state index in [0.29, 0.717) is 26.1 Å². The monoisotopic (exact) mass is 234 g/mol. The van der Waals surface area contributed by atoms with E-state index in [-0.39, 0.29) is 5.78 Å². The molecule has 3 heteroatoms. The van der Waals surface area contributed by atoms with Gasteiger partial charge >= 0.3 is 0 Å². The minimum Gasteiger partial charge on any atom is -0.494 e. The molecule has 17 heavy (non-hydrogen) atoms. The van der Waals surface area contributed by atoms with Gasteiger partial charge in [-0.05, 0) is 32.4 Å². The second kappa shape index (κ2) is 5.21. The number of rotatable bonds is 4. The van der Waals surface area contributed by atoms with Crippen LogP contribution in [-0.4, -0.2) is 19.0 Å². The van der Waals surface area contributed by atoms with E-state index in [9.17, 15) is 4.79 Å². The first-order valence-corrected chi connectivity index (χ1v) is 6.18. The molecule has 0 unspecified atom stereocenters. The van der Waals surface area contributed by atoms with Crippen LogP contribution in [0.25, 0.3) is 0 Å². The Hall–Kier alpha value is -1.51. The Morgan fingerprint density at radius 1 is 1.00 bits per heavy atom. The predicted octanol–water partition coefficient (Wildman–Crippen LogP) is 2.54. The third-order valence-corrected chi connectivity index (χ3v) is 2.97. The highest BCUT2D eigenvalue weighted by atomic mass is 16.5. The van der Waals surface area contributed by atoms with Crippen LogP contribution in [0.1, 0.15) is 31.4 Å². The number of fused-ring (bicyclic) bond motifs is 1. The van der Waals surface area contributed by atoms with Crippen molar-refractivity contribution in [2.45, 2.75) is 33.1 Å². The van der Waals surface area contributed by atoms with Crippen LogP contribution in [0.3, 0.4) is 0 Å². The Labute approximate surface area is 102 Å². The second-order valence-corrected chi connectivity index (χ2v) is 4.10. The van der Waals surface area contributed by atoms with E-state index in [1.807, 2.05) is 26.0 Å². The molecule has 0 saturated carbocycles. The van der Waals surface area contributed by atoms with E-state index in [2.05, 4.69) is 0 Å². The third-order valence-electron chi connectivity index (χ3n) is 2.97. The maximum absolute atomic E-state index is 11.6. The van der Waals surface area contributed by atoms with E-state index in [1.54, 1.807) is 0 Å². The van der Waals surface area contributed by atoms with E-state index < -0.39 is 0 Å². The lowest BCUT2D eigenvalue weighted by atomic mass is 9.89. The zero-order valence-electron chi connectivity index (χ0n) is 10.4. The van der Waals surface area contributed by atoms with Crippen molar-refractivity contribution in [2.75, 3.05) is 13.2 Å². The van der Waals surface area contributed by atoms with Gasteiger partial charge in [-0.25, -0.2) is 0 Å². The van der Waals surface area contributed by atoms with Gasteiger partial charge in [-0.1, -0.05) is 0 Å². The van der Waals surface area contributed by atoms with Crippen molar-refractivity contribution < 1.29 is 14.3 Å². The van der Waals surface area contributed by atoms with Crippen molar-refractivity contribution in [3.8, 4) is 11.5 Å². The normalized spacial score (nSPS) is 14.4. The number of hydrogen-bond donors (Lipinski definition) is 0. The summed E-state index contributed by atoms with van der Waals surface area (Å²) in [4.78, 5) is 11.6. The minimum atomic E-state index is 0.284. The number of hydrogen-bond acceptors (Lipinski definition) is 3. The van der Waals surface area contributed by atoms with Crippen molar-refractivity contribution in [1.29, 1.82) is 0 Å². The van der Waals surface area contributed by atoms with Gasteiger partial charge in [-0.3, -0.25) is 4.79 Å². The molecule has 0 N–H and O–H groups in total. The number of ether oxygens (including phenoxy) is 2. The van der Waals surface area contributed by atoms with Crippen LogP contribution in [0.15, 0.2) is 12.1 Å². The van der Waals surface area contributed by atoms with Crippen molar-refractivity contribution in [3.63, 3.8) is 0 Å². The zero-order valence-corrected chi connectivity index (χ0v) is 10.4. The largest absolute Gasteiger partial charge is 0.494 e. The third kappa shape index (κ3) is 2.43. The van der Waals surface area contributed by atoms with E-state index in [0.717, 1.165) is 29.0 Å². The smallest absolute Gasteiger partial charge is 0.137 e. The lowest BCUT2D eigenvalue weighted by molar-refractivity contribution is -0.118. The van der Waals surface area contributed by atoms with Crippen molar-refractivity contribution in [2.24, 2.45) is 0 Å². The fourth-order valence-electron chi connectivity index (χ4n) is 2.25. The molecule has 0 aromatic heterocycles. The summed E-state index contributed by atoms with van der Waals surface area (Å²) in [5, 5.41) is 0. The quantitative estimate of drug-likeness (QED) is 0.803. The van der Waals surface area contributed by atoms with E-state index in [1.165, 1.54) is 0 Å². The first kappa shape index (κ1) is 12.0. The predicted molar refractivity (Wildman–Crippen MR) is 65.8 cm³/mol. The van der Waals surface area contributed by atoms with E-state index >= 15 is 0 Å². The summed E-state index contributed by atoms with van der Waals surface area (Å²) < 4.78 is 11.2. The molecule has 3 nitrogen and oxygen atoms in total. The number of Topliss-reactive ketones (excluding diaryl/α,β-unsaturated/α-hetero) is 1. The molecule has 1 aliphatic carbocycles. The maximum Gasteiger partial charge on any atom is 0.137 e. The Morgan fingerprint density at radius 3 is 2.18 bits per heavy atom. The van der Waals surface area contributed by atoms with Gasteiger partial charge in [-0.2, -0.15) is 0 Å². The van der Waals surface area contributed by atoms with Gasteiger partial charge in [0.1, 0.15) is 17.3 Å². The molecule has 1 aromatic rings. The van der Waals surface area contributed by atoms with Crippen molar-refractivity contribution in [3.05, 3.63) is 23.3 Å². The van der Waals surface area contributed by atoms with Crippen molar-refractivity contribution in [1.82, 2.24) is 0 Å². The second-order valence-electron chi connectivity index (χ2n) is 4.10. The molecule has 0 amide bonds. The SMILES string of the molecule is CCOc1ccc(OCC)c2c1CCC(=O)C2. The minimum absolute atomic E-state index is 0.284. The number of carbonyl (C=O) groups is 1. The average molecular weight is 234 g/mol. The molecule has 0 heterocycles. The summed E-state index contributed by atoms with van der Waals surface area (Å²) in [5.74, 6) is 2.02. The molecule has 1 aromatic carbocycles. The summed E-state index contributed by atoms with van der Waals surface area (Å²) in [6, 6.07) is 3.86. The number of carbonyl (C=O) groups excluding carboxylic acids is 1. The Morgan fingerprint density at radius 2 is 1.59 bits per heavy atom. The lowest BCUT2D eigenvalue weighted by Crippen LogP contribution is -2.16. The van der Waals surface area contributed by atoms with Crippen LogP contribution in [0, 0.1) is 0 Å². The molecule has 0 radical (unpaired) electrons.